The number of sulfonamides is 1. The van der Waals surface area contributed by atoms with E-state index >= 15 is 0 Å². The molecule has 0 unspecified atom stereocenters. The van der Waals surface area contributed by atoms with Gasteiger partial charge in [0.2, 0.25) is 0 Å². The van der Waals surface area contributed by atoms with Crippen molar-refractivity contribution in [2.75, 3.05) is 6.54 Å². The van der Waals surface area contributed by atoms with Crippen LogP contribution in [0, 0.1) is 6.92 Å². The van der Waals surface area contributed by atoms with Crippen molar-refractivity contribution in [2.45, 2.75) is 36.7 Å². The van der Waals surface area contributed by atoms with E-state index in [2.05, 4.69) is 13.8 Å². The van der Waals surface area contributed by atoms with Crippen LogP contribution in [0.3, 0.4) is 0 Å². The Bertz CT molecular complexity index is 968. The van der Waals surface area contributed by atoms with Gasteiger partial charge in [-0.2, -0.15) is 21.9 Å². The van der Waals surface area contributed by atoms with Crippen molar-refractivity contribution in [2.24, 2.45) is 10.1 Å². The van der Waals surface area contributed by atoms with Crippen LogP contribution in [0.5, 0.6) is 0 Å². The molecule has 2 aliphatic rings. The number of amides is 2. The molecule has 13 nitrogen and oxygen atoms in total. The minimum absolute atomic E-state index is 0.0373. The van der Waals surface area contributed by atoms with Crippen molar-refractivity contribution in [1.82, 2.24) is 15.1 Å². The molecular formula is C11H15N5O8S2. The predicted molar refractivity (Wildman–Crippen MR) is 83.4 cm³/mol. The Balaban J connectivity index is 1.85. The molecule has 0 radical (unpaired) electrons. The Labute approximate surface area is 148 Å². The van der Waals surface area contributed by atoms with Crippen LogP contribution in [0.15, 0.2) is 20.0 Å². The third-order valence-corrected chi connectivity index (χ3v) is 5.80. The fourth-order valence-corrected chi connectivity index (χ4v) is 4.39. The van der Waals surface area contributed by atoms with Crippen molar-refractivity contribution in [3.05, 3.63) is 12.0 Å². The molecule has 2 atom stereocenters. The Morgan fingerprint density at radius 2 is 2.12 bits per heavy atom. The van der Waals surface area contributed by atoms with Gasteiger partial charge in [0.25, 0.3) is 10.0 Å². The Morgan fingerprint density at radius 3 is 2.69 bits per heavy atom. The van der Waals surface area contributed by atoms with E-state index in [0.717, 1.165) is 11.1 Å². The lowest BCUT2D eigenvalue weighted by Gasteiger charge is -2.29. The van der Waals surface area contributed by atoms with E-state index in [1.807, 2.05) is 0 Å². The number of aryl methyl sites for hydroxylation is 1. The van der Waals surface area contributed by atoms with Crippen LogP contribution < -0.4 is 5.73 Å². The van der Waals surface area contributed by atoms with E-state index in [1.165, 1.54) is 6.92 Å². The third-order valence-electron chi connectivity index (χ3n) is 4.05. The zero-order valence-corrected chi connectivity index (χ0v) is 15.0. The van der Waals surface area contributed by atoms with Gasteiger partial charge in [0, 0.05) is 6.54 Å². The minimum Gasteiger partial charge on any atom is -0.385 e. The number of carbonyl (C=O) groups excluding carboxylic acids is 1. The van der Waals surface area contributed by atoms with Crippen LogP contribution in [0.2, 0.25) is 0 Å². The zero-order valence-electron chi connectivity index (χ0n) is 13.3. The van der Waals surface area contributed by atoms with Crippen LogP contribution >= 0.6 is 0 Å². The number of hydrogen-bond acceptors (Lipinski definition) is 8. The normalized spacial score (nSPS) is 24.4. The number of urea groups is 1. The van der Waals surface area contributed by atoms with E-state index in [-0.39, 0.29) is 35.9 Å². The molecule has 2 saturated heterocycles. The smallest absolute Gasteiger partial charge is 0.385 e. The first kappa shape index (κ1) is 18.6. The number of nitrogens with two attached hydrogens (primary N) is 1. The first-order chi connectivity index (χ1) is 12.0. The van der Waals surface area contributed by atoms with Gasteiger partial charge in [-0.3, -0.25) is 4.55 Å². The van der Waals surface area contributed by atoms with Crippen LogP contribution in [0.4, 0.5) is 4.79 Å². The summed E-state index contributed by atoms with van der Waals surface area (Å²) in [6.45, 7) is 1.44. The molecule has 3 heterocycles. The first-order valence-corrected chi connectivity index (χ1v) is 10.1. The van der Waals surface area contributed by atoms with E-state index < -0.39 is 38.5 Å². The van der Waals surface area contributed by atoms with Gasteiger partial charge in [0.15, 0.2) is 10.7 Å². The number of hydrogen-bond donors (Lipinski definition) is 2. The predicted octanol–water partition coefficient (Wildman–Crippen LogP) is -0.968. The number of hydroxylamine groups is 2. The third kappa shape index (κ3) is 3.37. The lowest BCUT2D eigenvalue weighted by atomic mass is 10.0. The summed E-state index contributed by atoms with van der Waals surface area (Å²) >= 11 is 0. The molecule has 0 spiro atoms. The van der Waals surface area contributed by atoms with Gasteiger partial charge >= 0.3 is 16.4 Å². The molecule has 0 aliphatic carbocycles. The molecule has 2 fully saturated rings. The van der Waals surface area contributed by atoms with Gasteiger partial charge in [-0.25, -0.2) is 4.79 Å². The summed E-state index contributed by atoms with van der Waals surface area (Å²) in [5, 5.41) is 3.90. The van der Waals surface area contributed by atoms with Gasteiger partial charge in [0.1, 0.15) is 5.84 Å². The summed E-state index contributed by atoms with van der Waals surface area (Å²) in [6, 6.07) is -2.36. The SMILES string of the molecule is Cc1oncc1S(=O)(=O)/N=C(\N)[C@@H]1CC[C@@H]2CN1C(=O)N2OS(=O)(=O)O. The van der Waals surface area contributed by atoms with Crippen molar-refractivity contribution in [3.8, 4) is 0 Å². The molecule has 2 bridgehead atoms. The molecule has 2 amide bonds. The summed E-state index contributed by atoms with van der Waals surface area (Å²) in [4.78, 5) is 13.2. The highest BCUT2D eigenvalue weighted by molar-refractivity contribution is 7.90. The highest BCUT2D eigenvalue weighted by Crippen LogP contribution is 2.31. The first-order valence-electron chi connectivity index (χ1n) is 7.28. The molecule has 1 aromatic rings. The molecule has 26 heavy (non-hydrogen) atoms. The Morgan fingerprint density at radius 1 is 1.42 bits per heavy atom. The molecule has 3 rings (SSSR count). The maximum absolute atomic E-state index is 12.3. The number of rotatable bonds is 5. The average Bonchev–Trinajstić information content (AvgIpc) is 3.04. The number of fused-ring (bicyclic) bond motifs is 2. The van der Waals surface area contributed by atoms with Gasteiger partial charge < -0.3 is 15.2 Å². The van der Waals surface area contributed by atoms with Crippen LogP contribution in [-0.4, -0.2) is 67.0 Å². The maximum Gasteiger partial charge on any atom is 0.418 e. The second-order valence-electron chi connectivity index (χ2n) is 5.75. The largest absolute Gasteiger partial charge is 0.418 e. The quantitative estimate of drug-likeness (QED) is 0.348. The number of piperidine rings is 1. The van der Waals surface area contributed by atoms with E-state index in [1.54, 1.807) is 0 Å². The standard InChI is InChI=1S/C11H15N5O8S2/c1-6-9(4-13-23-6)25(18,19)14-10(12)8-3-2-7-5-15(8)11(17)16(7)24-26(20,21)22/h4,7-8H,2-3,5H2,1H3,(H2,12,14)(H,20,21,22)/t7-,8+/m1/s1. The van der Waals surface area contributed by atoms with Crippen LogP contribution in [-0.2, 0) is 24.7 Å². The van der Waals surface area contributed by atoms with Crippen LogP contribution in [0.25, 0.3) is 0 Å². The topological polar surface area (TPSA) is 186 Å². The summed E-state index contributed by atoms with van der Waals surface area (Å²) in [6.07, 6.45) is 1.49. The molecule has 144 valence electrons. The van der Waals surface area contributed by atoms with Gasteiger partial charge in [-0.05, 0) is 19.8 Å². The number of carbonyl (C=O) groups is 1. The Kier molecular flexibility index (Phi) is 4.41. The molecule has 1 aromatic heterocycles. The minimum atomic E-state index is -4.88. The summed E-state index contributed by atoms with van der Waals surface area (Å²) < 4.78 is 67.6. The van der Waals surface area contributed by atoms with Gasteiger partial charge in [-0.1, -0.05) is 5.16 Å². The maximum atomic E-state index is 12.3. The monoisotopic (exact) mass is 409 g/mol. The van der Waals surface area contributed by atoms with Crippen molar-refractivity contribution in [1.29, 1.82) is 0 Å². The second kappa shape index (κ2) is 6.19. The van der Waals surface area contributed by atoms with E-state index in [9.17, 15) is 21.6 Å². The van der Waals surface area contributed by atoms with Gasteiger partial charge in [-0.15, -0.1) is 8.68 Å². The summed E-state index contributed by atoms with van der Waals surface area (Å²) in [5.41, 5.74) is 5.81. The van der Waals surface area contributed by atoms with Crippen molar-refractivity contribution < 1.29 is 35.0 Å². The number of aromatic nitrogens is 1. The van der Waals surface area contributed by atoms with Crippen molar-refractivity contribution >= 4 is 32.3 Å². The van der Waals surface area contributed by atoms with E-state index in [0.29, 0.717) is 5.06 Å². The summed E-state index contributed by atoms with van der Waals surface area (Å²) in [7, 11) is -9.06. The van der Waals surface area contributed by atoms with Crippen molar-refractivity contribution in [3.63, 3.8) is 0 Å². The number of nitrogens with zero attached hydrogens (tertiary/aromatic N) is 4. The zero-order chi connectivity index (χ0) is 19.3. The molecule has 0 saturated carbocycles. The molecule has 0 aromatic carbocycles. The van der Waals surface area contributed by atoms with Gasteiger partial charge in [0.05, 0.1) is 18.3 Å². The van der Waals surface area contributed by atoms with E-state index in [4.69, 9.17) is 14.8 Å². The summed E-state index contributed by atoms with van der Waals surface area (Å²) in [5.74, 6) is -0.304. The van der Waals surface area contributed by atoms with Crippen LogP contribution in [0.1, 0.15) is 18.6 Å². The molecule has 3 N–H and O–H groups in total. The molecule has 15 heteroatoms. The fourth-order valence-electron chi connectivity index (χ4n) is 2.93. The number of amidine groups is 1. The fraction of sp³-hybridized carbons (Fsp3) is 0.545. The highest BCUT2D eigenvalue weighted by Gasteiger charge is 2.48. The second-order valence-corrected chi connectivity index (χ2v) is 8.32. The lowest BCUT2D eigenvalue weighted by Crippen LogP contribution is -2.48. The lowest BCUT2D eigenvalue weighted by molar-refractivity contribution is -0.0316. The molecule has 2 aliphatic heterocycles. The highest BCUT2D eigenvalue weighted by atomic mass is 32.3. The Hall–Kier alpha value is -2.23. The average molecular weight is 409 g/mol. The molecular weight excluding hydrogens is 394 g/mol.